The minimum atomic E-state index is -0.707. The van der Waals surface area contributed by atoms with Crippen molar-refractivity contribution in [2.75, 3.05) is 0 Å². The molecule has 0 unspecified atom stereocenters. The van der Waals surface area contributed by atoms with Crippen molar-refractivity contribution in [2.45, 2.75) is 37.3 Å². The zero-order valence-corrected chi connectivity index (χ0v) is 10.5. The van der Waals surface area contributed by atoms with Gasteiger partial charge in [-0.05, 0) is 37.3 Å². The predicted molar refractivity (Wildman–Crippen MR) is 73.8 cm³/mol. The van der Waals surface area contributed by atoms with Gasteiger partial charge in [0.15, 0.2) is 5.78 Å². The number of carbonyl (C=O) groups is 1. The topological polar surface area (TPSA) is 69.1 Å². The summed E-state index contributed by atoms with van der Waals surface area (Å²) >= 11 is 0. The van der Waals surface area contributed by atoms with Crippen molar-refractivity contribution in [3.63, 3.8) is 0 Å². The van der Waals surface area contributed by atoms with Crippen molar-refractivity contribution in [1.82, 2.24) is 0 Å². The second-order valence-electron chi connectivity index (χ2n) is 5.10. The molecule has 1 fully saturated rings. The molecular formula is C15H20N2O. The van der Waals surface area contributed by atoms with Crippen molar-refractivity contribution in [3.8, 4) is 0 Å². The zero-order valence-electron chi connectivity index (χ0n) is 10.5. The van der Waals surface area contributed by atoms with Gasteiger partial charge in [-0.2, -0.15) is 0 Å². The Morgan fingerprint density at radius 3 is 2.44 bits per heavy atom. The molecule has 4 N–H and O–H groups in total. The highest BCUT2D eigenvalue weighted by molar-refractivity contribution is 6.00. The lowest BCUT2D eigenvalue weighted by Gasteiger charge is -2.33. The first-order chi connectivity index (χ1) is 8.60. The fourth-order valence-corrected chi connectivity index (χ4v) is 2.30. The SMILES string of the molecule is NC1CCC(N)(C(=O)C=Cc2ccccc2)CC1. The average molecular weight is 244 g/mol. The fraction of sp³-hybridized carbons (Fsp3) is 0.400. The molecule has 0 aromatic heterocycles. The van der Waals surface area contributed by atoms with Crippen LogP contribution in [0, 0.1) is 0 Å². The number of hydrogen-bond donors (Lipinski definition) is 2. The molecule has 1 aliphatic carbocycles. The molecule has 0 amide bonds. The van der Waals surface area contributed by atoms with Crippen LogP contribution in [0.4, 0.5) is 0 Å². The monoisotopic (exact) mass is 244 g/mol. The number of ketones is 1. The van der Waals surface area contributed by atoms with E-state index in [4.69, 9.17) is 11.5 Å². The summed E-state index contributed by atoms with van der Waals surface area (Å²) < 4.78 is 0. The third-order valence-corrected chi connectivity index (χ3v) is 3.64. The average Bonchev–Trinajstić information content (AvgIpc) is 2.41. The summed E-state index contributed by atoms with van der Waals surface area (Å²) in [5, 5.41) is 0. The van der Waals surface area contributed by atoms with E-state index in [9.17, 15) is 4.79 Å². The highest BCUT2D eigenvalue weighted by Crippen LogP contribution is 2.26. The highest BCUT2D eigenvalue weighted by Gasteiger charge is 2.35. The number of carbonyl (C=O) groups excluding carboxylic acids is 1. The van der Waals surface area contributed by atoms with E-state index in [2.05, 4.69) is 0 Å². The molecule has 1 saturated carbocycles. The van der Waals surface area contributed by atoms with Crippen LogP contribution in [0.25, 0.3) is 6.08 Å². The molecule has 0 atom stereocenters. The minimum Gasteiger partial charge on any atom is -0.328 e. The first-order valence-electron chi connectivity index (χ1n) is 6.42. The van der Waals surface area contributed by atoms with Crippen molar-refractivity contribution in [2.24, 2.45) is 11.5 Å². The molecule has 18 heavy (non-hydrogen) atoms. The van der Waals surface area contributed by atoms with Gasteiger partial charge in [0.05, 0.1) is 5.54 Å². The molecule has 0 heterocycles. The van der Waals surface area contributed by atoms with E-state index in [-0.39, 0.29) is 11.8 Å². The van der Waals surface area contributed by atoms with Crippen LogP contribution in [-0.4, -0.2) is 17.4 Å². The lowest BCUT2D eigenvalue weighted by Crippen LogP contribution is -2.51. The van der Waals surface area contributed by atoms with Gasteiger partial charge in [-0.25, -0.2) is 0 Å². The maximum absolute atomic E-state index is 12.1. The van der Waals surface area contributed by atoms with Crippen LogP contribution < -0.4 is 11.5 Å². The Kier molecular flexibility index (Phi) is 3.94. The van der Waals surface area contributed by atoms with Gasteiger partial charge in [-0.1, -0.05) is 36.4 Å². The summed E-state index contributed by atoms with van der Waals surface area (Å²) in [6.45, 7) is 0. The Morgan fingerprint density at radius 2 is 1.83 bits per heavy atom. The van der Waals surface area contributed by atoms with E-state index in [0.29, 0.717) is 12.8 Å². The van der Waals surface area contributed by atoms with E-state index < -0.39 is 5.54 Å². The molecule has 0 saturated heterocycles. The second kappa shape index (κ2) is 5.46. The summed E-state index contributed by atoms with van der Waals surface area (Å²) in [7, 11) is 0. The molecule has 0 radical (unpaired) electrons. The minimum absolute atomic E-state index is 0.0123. The summed E-state index contributed by atoms with van der Waals surface area (Å²) in [5.74, 6) is 0.0123. The maximum Gasteiger partial charge on any atom is 0.175 e. The summed E-state index contributed by atoms with van der Waals surface area (Å²) in [5.41, 5.74) is 12.3. The molecule has 3 nitrogen and oxygen atoms in total. The van der Waals surface area contributed by atoms with E-state index in [0.717, 1.165) is 18.4 Å². The molecular weight excluding hydrogens is 224 g/mol. The number of hydrogen-bond acceptors (Lipinski definition) is 3. The Bertz CT molecular complexity index is 431. The lowest BCUT2D eigenvalue weighted by atomic mass is 9.77. The molecule has 1 aromatic rings. The standard InChI is InChI=1S/C15H20N2O/c16-13-8-10-15(17,11-9-13)14(18)7-6-12-4-2-1-3-5-12/h1-7,13H,8-11,16-17H2. The van der Waals surface area contributed by atoms with Gasteiger partial charge in [0.2, 0.25) is 0 Å². The lowest BCUT2D eigenvalue weighted by molar-refractivity contribution is -0.120. The molecule has 1 aliphatic rings. The maximum atomic E-state index is 12.1. The third-order valence-electron chi connectivity index (χ3n) is 3.64. The van der Waals surface area contributed by atoms with Gasteiger partial charge in [0.25, 0.3) is 0 Å². The van der Waals surface area contributed by atoms with Crippen molar-refractivity contribution in [3.05, 3.63) is 42.0 Å². The van der Waals surface area contributed by atoms with Crippen LogP contribution in [0.5, 0.6) is 0 Å². The van der Waals surface area contributed by atoms with Crippen LogP contribution in [0.2, 0.25) is 0 Å². The number of nitrogens with two attached hydrogens (primary N) is 2. The van der Waals surface area contributed by atoms with E-state index >= 15 is 0 Å². The Hall–Kier alpha value is -1.45. The van der Waals surface area contributed by atoms with Crippen LogP contribution in [-0.2, 0) is 4.79 Å². The fourth-order valence-electron chi connectivity index (χ4n) is 2.30. The Balaban J connectivity index is 2.01. The van der Waals surface area contributed by atoms with Gasteiger partial charge in [0, 0.05) is 6.04 Å². The predicted octanol–water partition coefficient (Wildman–Crippen LogP) is 1.87. The Morgan fingerprint density at radius 1 is 1.22 bits per heavy atom. The number of benzene rings is 1. The van der Waals surface area contributed by atoms with Crippen molar-refractivity contribution < 1.29 is 4.79 Å². The number of rotatable bonds is 3. The van der Waals surface area contributed by atoms with Gasteiger partial charge >= 0.3 is 0 Å². The summed E-state index contributed by atoms with van der Waals surface area (Å²) in [4.78, 5) is 12.1. The summed E-state index contributed by atoms with van der Waals surface area (Å²) in [6, 6.07) is 9.97. The van der Waals surface area contributed by atoms with Gasteiger partial charge in [-0.3, -0.25) is 4.79 Å². The van der Waals surface area contributed by atoms with Crippen LogP contribution in [0.15, 0.2) is 36.4 Å². The normalized spacial score (nSPS) is 28.4. The van der Waals surface area contributed by atoms with Crippen LogP contribution in [0.3, 0.4) is 0 Å². The molecule has 0 aliphatic heterocycles. The Labute approximate surface area is 108 Å². The van der Waals surface area contributed by atoms with Gasteiger partial charge in [0.1, 0.15) is 0 Å². The molecule has 1 aromatic carbocycles. The van der Waals surface area contributed by atoms with E-state index in [1.54, 1.807) is 6.08 Å². The molecule has 2 rings (SSSR count). The quantitative estimate of drug-likeness (QED) is 0.797. The largest absolute Gasteiger partial charge is 0.328 e. The second-order valence-corrected chi connectivity index (χ2v) is 5.10. The van der Waals surface area contributed by atoms with Crippen molar-refractivity contribution >= 4 is 11.9 Å². The molecule has 0 bridgehead atoms. The smallest absolute Gasteiger partial charge is 0.175 e. The van der Waals surface area contributed by atoms with E-state index in [1.807, 2.05) is 36.4 Å². The highest BCUT2D eigenvalue weighted by atomic mass is 16.1. The summed E-state index contributed by atoms with van der Waals surface area (Å²) in [6.07, 6.45) is 6.47. The van der Waals surface area contributed by atoms with Crippen molar-refractivity contribution in [1.29, 1.82) is 0 Å². The van der Waals surface area contributed by atoms with Gasteiger partial charge in [-0.15, -0.1) is 0 Å². The van der Waals surface area contributed by atoms with Gasteiger partial charge < -0.3 is 11.5 Å². The molecule has 96 valence electrons. The first kappa shape index (κ1) is 13.0. The van der Waals surface area contributed by atoms with Crippen LogP contribution in [0.1, 0.15) is 31.2 Å². The first-order valence-corrected chi connectivity index (χ1v) is 6.42. The molecule has 0 spiro atoms. The van der Waals surface area contributed by atoms with Crippen LogP contribution >= 0.6 is 0 Å². The third kappa shape index (κ3) is 3.06. The molecule has 3 heteroatoms. The van der Waals surface area contributed by atoms with E-state index in [1.165, 1.54) is 0 Å². The zero-order chi connectivity index (χ0) is 13.0.